The highest BCUT2D eigenvalue weighted by Gasteiger charge is 2.12. The summed E-state index contributed by atoms with van der Waals surface area (Å²) < 4.78 is 5.90. The molecule has 1 fully saturated rings. The quantitative estimate of drug-likeness (QED) is 0.646. The third kappa shape index (κ3) is 2.76. The molecule has 0 aliphatic heterocycles. The van der Waals surface area contributed by atoms with Gasteiger partial charge in [0.15, 0.2) is 0 Å². The van der Waals surface area contributed by atoms with Crippen LogP contribution in [-0.2, 0) is 0 Å². The minimum absolute atomic E-state index is 0.438. The van der Waals surface area contributed by atoms with Crippen molar-refractivity contribution < 1.29 is 4.74 Å². The smallest absolute Gasteiger partial charge is 0.120 e. The maximum absolute atomic E-state index is 5.90. The molecule has 1 radical (unpaired) electrons. The van der Waals surface area contributed by atoms with Crippen LogP contribution >= 0.6 is 0 Å². The predicted octanol–water partition coefficient (Wildman–Crippen LogP) is 3.59. The van der Waals surface area contributed by atoms with Gasteiger partial charge in [0.25, 0.3) is 0 Å². The number of hydrogen-bond donors (Lipinski definition) is 0. The van der Waals surface area contributed by atoms with Crippen LogP contribution in [0.3, 0.4) is 0 Å². The maximum atomic E-state index is 5.90. The Balaban J connectivity index is 1.90. The summed E-state index contributed by atoms with van der Waals surface area (Å²) >= 11 is 0. The normalized spacial score (nSPS) is 18.9. The Morgan fingerprint density at radius 3 is 2.57 bits per heavy atom. The molecule has 0 unspecified atom stereocenters. The Labute approximate surface area is 86.1 Å². The van der Waals surface area contributed by atoms with Crippen LogP contribution in [0.25, 0.3) is 0 Å². The van der Waals surface area contributed by atoms with E-state index in [1.165, 1.54) is 38.5 Å². The van der Waals surface area contributed by atoms with Gasteiger partial charge in [0, 0.05) is 0 Å². The number of rotatable bonds is 2. The van der Waals surface area contributed by atoms with Gasteiger partial charge < -0.3 is 4.74 Å². The summed E-state index contributed by atoms with van der Waals surface area (Å²) in [6.45, 7) is 0. The van der Waals surface area contributed by atoms with Gasteiger partial charge in [0.2, 0.25) is 0 Å². The molecule has 0 heterocycles. The lowest BCUT2D eigenvalue weighted by atomic mass is 10.1. The first-order chi connectivity index (χ1) is 6.95. The zero-order valence-corrected chi connectivity index (χ0v) is 8.54. The molecule has 1 heteroatoms. The third-order valence-electron chi connectivity index (χ3n) is 2.78. The minimum Gasteiger partial charge on any atom is -0.490 e. The molecule has 1 saturated carbocycles. The highest BCUT2D eigenvalue weighted by Crippen LogP contribution is 2.22. The van der Waals surface area contributed by atoms with Crippen molar-refractivity contribution in [3.63, 3.8) is 0 Å². The van der Waals surface area contributed by atoms with Crippen LogP contribution < -0.4 is 4.74 Å². The van der Waals surface area contributed by atoms with Crippen molar-refractivity contribution in [2.24, 2.45) is 0 Å². The van der Waals surface area contributed by atoms with Crippen LogP contribution in [0.4, 0.5) is 0 Å². The average molecular weight is 189 g/mol. The SMILES string of the molecule is [c]1cccc(OC2CCCCCC2)c1. The first-order valence-corrected chi connectivity index (χ1v) is 5.58. The molecular weight excluding hydrogens is 172 g/mol. The molecule has 1 aliphatic carbocycles. The molecule has 1 aromatic carbocycles. The summed E-state index contributed by atoms with van der Waals surface area (Å²) in [5.74, 6) is 0.972. The molecule has 75 valence electrons. The van der Waals surface area contributed by atoms with Gasteiger partial charge in [-0.1, -0.05) is 25.0 Å². The van der Waals surface area contributed by atoms with E-state index in [0.717, 1.165) is 5.75 Å². The zero-order valence-electron chi connectivity index (χ0n) is 8.54. The lowest BCUT2D eigenvalue weighted by molar-refractivity contribution is 0.183. The Morgan fingerprint density at radius 1 is 1.14 bits per heavy atom. The monoisotopic (exact) mass is 189 g/mol. The van der Waals surface area contributed by atoms with E-state index >= 15 is 0 Å². The van der Waals surface area contributed by atoms with Crippen molar-refractivity contribution in [3.8, 4) is 5.75 Å². The Morgan fingerprint density at radius 2 is 1.93 bits per heavy atom. The van der Waals surface area contributed by atoms with Crippen LogP contribution in [0.15, 0.2) is 24.3 Å². The highest BCUT2D eigenvalue weighted by atomic mass is 16.5. The van der Waals surface area contributed by atoms with Gasteiger partial charge in [-0.15, -0.1) is 0 Å². The molecule has 1 aliphatic rings. The largest absolute Gasteiger partial charge is 0.490 e. The van der Waals surface area contributed by atoms with E-state index in [0.29, 0.717) is 6.10 Å². The molecule has 0 N–H and O–H groups in total. The van der Waals surface area contributed by atoms with Gasteiger partial charge in [-0.25, -0.2) is 0 Å². The van der Waals surface area contributed by atoms with Gasteiger partial charge in [-0.2, -0.15) is 0 Å². The summed E-state index contributed by atoms with van der Waals surface area (Å²) in [6.07, 6.45) is 8.27. The number of ether oxygens (including phenoxy) is 1. The van der Waals surface area contributed by atoms with E-state index in [1.54, 1.807) is 0 Å². The zero-order chi connectivity index (χ0) is 9.64. The molecule has 0 aromatic heterocycles. The summed E-state index contributed by atoms with van der Waals surface area (Å²) in [6, 6.07) is 10.9. The van der Waals surface area contributed by atoms with Crippen LogP contribution in [-0.4, -0.2) is 6.10 Å². The second-order valence-corrected chi connectivity index (χ2v) is 3.97. The van der Waals surface area contributed by atoms with E-state index in [4.69, 9.17) is 4.74 Å². The Bertz CT molecular complexity index is 247. The van der Waals surface area contributed by atoms with E-state index in [-0.39, 0.29) is 0 Å². The van der Waals surface area contributed by atoms with Crippen LogP contribution in [0, 0.1) is 6.07 Å². The Kier molecular flexibility index (Phi) is 3.44. The number of benzene rings is 1. The molecule has 0 saturated heterocycles. The Hall–Kier alpha value is -0.980. The standard InChI is InChI=1S/C13H17O/c1-2-5-9-12(8-4-1)14-13-10-6-3-7-11-13/h3,6,10-12H,1-2,4-5,8-9H2. The van der Waals surface area contributed by atoms with Crippen molar-refractivity contribution >= 4 is 0 Å². The molecule has 1 aromatic rings. The van der Waals surface area contributed by atoms with E-state index < -0.39 is 0 Å². The van der Waals surface area contributed by atoms with Gasteiger partial charge in [-0.05, 0) is 43.9 Å². The van der Waals surface area contributed by atoms with Crippen LogP contribution in [0.2, 0.25) is 0 Å². The summed E-state index contributed by atoms with van der Waals surface area (Å²) in [4.78, 5) is 0. The third-order valence-corrected chi connectivity index (χ3v) is 2.78. The lowest BCUT2D eigenvalue weighted by Gasteiger charge is -2.16. The second kappa shape index (κ2) is 5.04. The molecule has 0 amide bonds. The molecular formula is C13H17O. The molecule has 0 bridgehead atoms. The van der Waals surface area contributed by atoms with Crippen LogP contribution in [0.5, 0.6) is 5.75 Å². The van der Waals surface area contributed by atoms with E-state index in [9.17, 15) is 0 Å². The fourth-order valence-corrected chi connectivity index (χ4v) is 2.00. The molecule has 0 spiro atoms. The number of hydrogen-bond acceptors (Lipinski definition) is 1. The molecule has 0 atom stereocenters. The van der Waals surface area contributed by atoms with Gasteiger partial charge in [0.05, 0.1) is 6.10 Å². The summed E-state index contributed by atoms with van der Waals surface area (Å²) in [5, 5.41) is 0. The fraction of sp³-hybridized carbons (Fsp3) is 0.538. The van der Waals surface area contributed by atoms with E-state index in [1.807, 2.05) is 24.3 Å². The first kappa shape index (κ1) is 9.57. The molecule has 14 heavy (non-hydrogen) atoms. The molecule has 1 nitrogen and oxygen atoms in total. The molecule has 2 rings (SSSR count). The van der Waals surface area contributed by atoms with Gasteiger partial charge in [0.1, 0.15) is 5.75 Å². The van der Waals surface area contributed by atoms with Crippen molar-refractivity contribution in [2.75, 3.05) is 0 Å². The maximum Gasteiger partial charge on any atom is 0.120 e. The van der Waals surface area contributed by atoms with Gasteiger partial charge in [-0.3, -0.25) is 0 Å². The van der Waals surface area contributed by atoms with E-state index in [2.05, 4.69) is 6.07 Å². The van der Waals surface area contributed by atoms with Crippen molar-refractivity contribution in [1.82, 2.24) is 0 Å². The minimum atomic E-state index is 0.438. The van der Waals surface area contributed by atoms with Crippen LogP contribution in [0.1, 0.15) is 38.5 Å². The van der Waals surface area contributed by atoms with Crippen molar-refractivity contribution in [2.45, 2.75) is 44.6 Å². The fourth-order valence-electron chi connectivity index (χ4n) is 2.00. The summed E-state index contributed by atoms with van der Waals surface area (Å²) in [5.41, 5.74) is 0. The average Bonchev–Trinajstić information content (AvgIpc) is 2.48. The summed E-state index contributed by atoms with van der Waals surface area (Å²) in [7, 11) is 0. The predicted molar refractivity (Wildman–Crippen MR) is 57.4 cm³/mol. The second-order valence-electron chi connectivity index (χ2n) is 3.97. The highest BCUT2D eigenvalue weighted by molar-refractivity contribution is 5.20. The topological polar surface area (TPSA) is 9.23 Å². The van der Waals surface area contributed by atoms with Crippen molar-refractivity contribution in [1.29, 1.82) is 0 Å². The first-order valence-electron chi connectivity index (χ1n) is 5.58. The van der Waals surface area contributed by atoms with Gasteiger partial charge >= 0.3 is 0 Å². The van der Waals surface area contributed by atoms with Crippen molar-refractivity contribution in [3.05, 3.63) is 30.3 Å². The lowest BCUT2D eigenvalue weighted by Crippen LogP contribution is -2.14.